The van der Waals surface area contributed by atoms with E-state index < -0.39 is 0 Å². The molecule has 18 heavy (non-hydrogen) atoms. The van der Waals surface area contributed by atoms with Crippen LogP contribution in [0.4, 0.5) is 0 Å². The zero-order valence-electron chi connectivity index (χ0n) is 9.93. The maximum atomic E-state index is 11.2. The molecule has 0 radical (unpaired) electrons. The van der Waals surface area contributed by atoms with Crippen LogP contribution in [0.2, 0.25) is 0 Å². The Bertz CT molecular complexity index is 647. The molecule has 0 amide bonds. The van der Waals surface area contributed by atoms with Crippen LogP contribution in [0.25, 0.3) is 17.0 Å². The lowest BCUT2D eigenvalue weighted by Gasteiger charge is -1.95. The van der Waals surface area contributed by atoms with E-state index >= 15 is 0 Å². The standard InChI is InChI=1S/C14H12N2O2/c1-2-18-14(17)6-4-11-9-16-13-5-3-10(8-15)7-12(11)13/h3-7,9,16H,2H2,1H3. The summed E-state index contributed by atoms with van der Waals surface area (Å²) in [4.78, 5) is 14.3. The van der Waals surface area contributed by atoms with Gasteiger partial charge in [0.15, 0.2) is 0 Å². The fourth-order valence-electron chi connectivity index (χ4n) is 1.70. The van der Waals surface area contributed by atoms with Gasteiger partial charge in [0, 0.05) is 28.7 Å². The first-order valence-electron chi connectivity index (χ1n) is 5.60. The molecule has 1 aromatic carbocycles. The number of aromatic amines is 1. The fraction of sp³-hybridized carbons (Fsp3) is 0.143. The van der Waals surface area contributed by atoms with Crippen LogP contribution in [0.3, 0.4) is 0 Å². The smallest absolute Gasteiger partial charge is 0.330 e. The molecular weight excluding hydrogens is 228 g/mol. The van der Waals surface area contributed by atoms with E-state index in [1.54, 1.807) is 31.3 Å². The molecule has 0 saturated carbocycles. The molecule has 0 aliphatic carbocycles. The van der Waals surface area contributed by atoms with Gasteiger partial charge in [-0.15, -0.1) is 0 Å². The predicted octanol–water partition coefficient (Wildman–Crippen LogP) is 2.62. The van der Waals surface area contributed by atoms with E-state index in [0.29, 0.717) is 12.2 Å². The Morgan fingerprint density at radius 1 is 1.56 bits per heavy atom. The molecule has 0 fully saturated rings. The number of aromatic nitrogens is 1. The molecule has 1 aromatic heterocycles. The van der Waals surface area contributed by atoms with Crippen LogP contribution in [-0.4, -0.2) is 17.6 Å². The Kier molecular flexibility index (Phi) is 3.44. The molecule has 2 aromatic rings. The molecule has 0 atom stereocenters. The summed E-state index contributed by atoms with van der Waals surface area (Å²) in [5.74, 6) is -0.372. The number of rotatable bonds is 3. The number of benzene rings is 1. The molecular formula is C14H12N2O2. The molecule has 0 saturated heterocycles. The minimum absolute atomic E-state index is 0.357. The van der Waals surface area contributed by atoms with Gasteiger partial charge in [0.25, 0.3) is 0 Å². The number of nitrogens with zero attached hydrogens (tertiary/aromatic N) is 1. The third-order valence-corrected chi connectivity index (χ3v) is 2.53. The molecule has 0 spiro atoms. The van der Waals surface area contributed by atoms with E-state index in [1.165, 1.54) is 6.08 Å². The highest BCUT2D eigenvalue weighted by molar-refractivity contribution is 5.94. The molecule has 4 nitrogen and oxygen atoms in total. The van der Waals surface area contributed by atoms with Crippen molar-refractivity contribution in [2.45, 2.75) is 6.92 Å². The van der Waals surface area contributed by atoms with Crippen molar-refractivity contribution in [1.82, 2.24) is 4.98 Å². The average molecular weight is 240 g/mol. The Balaban J connectivity index is 2.34. The third kappa shape index (κ3) is 2.41. The van der Waals surface area contributed by atoms with Crippen molar-refractivity contribution in [2.24, 2.45) is 0 Å². The summed E-state index contributed by atoms with van der Waals surface area (Å²) in [5.41, 5.74) is 2.38. The monoisotopic (exact) mass is 240 g/mol. The van der Waals surface area contributed by atoms with Gasteiger partial charge in [-0.25, -0.2) is 4.79 Å². The maximum absolute atomic E-state index is 11.2. The minimum Gasteiger partial charge on any atom is -0.463 e. The van der Waals surface area contributed by atoms with Gasteiger partial charge in [-0.2, -0.15) is 5.26 Å². The van der Waals surface area contributed by atoms with Gasteiger partial charge >= 0.3 is 5.97 Å². The van der Waals surface area contributed by atoms with Gasteiger partial charge in [-0.1, -0.05) is 0 Å². The molecule has 0 bridgehead atoms. The lowest BCUT2D eigenvalue weighted by atomic mass is 10.1. The molecule has 4 heteroatoms. The highest BCUT2D eigenvalue weighted by atomic mass is 16.5. The molecule has 1 heterocycles. The molecule has 1 N–H and O–H groups in total. The van der Waals surface area contributed by atoms with Crippen molar-refractivity contribution in [3.8, 4) is 6.07 Å². The molecule has 90 valence electrons. The summed E-state index contributed by atoms with van der Waals surface area (Å²) in [6, 6.07) is 7.47. The largest absolute Gasteiger partial charge is 0.463 e. The number of fused-ring (bicyclic) bond motifs is 1. The number of H-pyrrole nitrogens is 1. The molecule has 0 aliphatic heterocycles. The van der Waals surface area contributed by atoms with Gasteiger partial charge in [0.05, 0.1) is 18.2 Å². The lowest BCUT2D eigenvalue weighted by Crippen LogP contribution is -1.98. The highest BCUT2D eigenvalue weighted by Gasteiger charge is 2.03. The van der Waals surface area contributed by atoms with Crippen LogP contribution in [-0.2, 0) is 9.53 Å². The van der Waals surface area contributed by atoms with Crippen molar-refractivity contribution in [2.75, 3.05) is 6.61 Å². The average Bonchev–Trinajstić information content (AvgIpc) is 2.79. The second-order valence-corrected chi connectivity index (χ2v) is 3.70. The Hall–Kier alpha value is -2.54. The lowest BCUT2D eigenvalue weighted by molar-refractivity contribution is -0.137. The van der Waals surface area contributed by atoms with Crippen LogP contribution in [0.15, 0.2) is 30.5 Å². The highest BCUT2D eigenvalue weighted by Crippen LogP contribution is 2.20. The van der Waals surface area contributed by atoms with E-state index in [9.17, 15) is 4.79 Å². The number of nitriles is 1. The first-order chi connectivity index (χ1) is 8.74. The van der Waals surface area contributed by atoms with Crippen molar-refractivity contribution in [1.29, 1.82) is 5.26 Å². The number of hydrogen-bond donors (Lipinski definition) is 1. The van der Waals surface area contributed by atoms with E-state index in [0.717, 1.165) is 16.5 Å². The summed E-state index contributed by atoms with van der Waals surface area (Å²) in [7, 11) is 0. The van der Waals surface area contributed by atoms with Crippen molar-refractivity contribution < 1.29 is 9.53 Å². The first kappa shape index (κ1) is 11.9. The number of ether oxygens (including phenoxy) is 1. The van der Waals surface area contributed by atoms with Gasteiger partial charge in [-0.05, 0) is 31.2 Å². The summed E-state index contributed by atoms with van der Waals surface area (Å²) < 4.78 is 4.81. The molecule has 0 aliphatic rings. The second kappa shape index (κ2) is 5.19. The van der Waals surface area contributed by atoms with E-state index in [-0.39, 0.29) is 5.97 Å². The first-order valence-corrected chi connectivity index (χ1v) is 5.60. The van der Waals surface area contributed by atoms with Gasteiger partial charge in [0.1, 0.15) is 0 Å². The Morgan fingerprint density at radius 2 is 2.39 bits per heavy atom. The molecule has 0 unspecified atom stereocenters. The summed E-state index contributed by atoms with van der Waals surface area (Å²) in [6.07, 6.45) is 4.85. The van der Waals surface area contributed by atoms with E-state index in [2.05, 4.69) is 11.1 Å². The zero-order valence-corrected chi connectivity index (χ0v) is 9.93. The van der Waals surface area contributed by atoms with Gasteiger partial charge < -0.3 is 9.72 Å². The predicted molar refractivity (Wildman–Crippen MR) is 68.7 cm³/mol. The van der Waals surface area contributed by atoms with E-state index in [4.69, 9.17) is 10.00 Å². The minimum atomic E-state index is -0.372. The topological polar surface area (TPSA) is 65.9 Å². The quantitative estimate of drug-likeness (QED) is 0.662. The van der Waals surface area contributed by atoms with Crippen LogP contribution in [0.1, 0.15) is 18.1 Å². The van der Waals surface area contributed by atoms with Gasteiger partial charge in [-0.3, -0.25) is 0 Å². The van der Waals surface area contributed by atoms with Crippen molar-refractivity contribution in [3.05, 3.63) is 41.6 Å². The Labute approximate surface area is 104 Å². The number of carbonyl (C=O) groups excluding carboxylic acids is 1. The molecule has 2 rings (SSSR count). The van der Waals surface area contributed by atoms with Crippen LogP contribution < -0.4 is 0 Å². The second-order valence-electron chi connectivity index (χ2n) is 3.70. The summed E-state index contributed by atoms with van der Waals surface area (Å²) >= 11 is 0. The van der Waals surface area contributed by atoms with Gasteiger partial charge in [0.2, 0.25) is 0 Å². The summed E-state index contributed by atoms with van der Waals surface area (Å²) in [5, 5.41) is 9.77. The number of nitrogens with one attached hydrogen (secondary N) is 1. The van der Waals surface area contributed by atoms with Crippen molar-refractivity contribution >= 4 is 22.9 Å². The van der Waals surface area contributed by atoms with Crippen LogP contribution in [0, 0.1) is 11.3 Å². The maximum Gasteiger partial charge on any atom is 0.330 e. The van der Waals surface area contributed by atoms with Crippen molar-refractivity contribution in [3.63, 3.8) is 0 Å². The summed E-state index contributed by atoms with van der Waals surface area (Å²) in [6.45, 7) is 2.12. The number of esters is 1. The number of carbonyl (C=O) groups is 1. The number of hydrogen-bond acceptors (Lipinski definition) is 3. The zero-order chi connectivity index (χ0) is 13.0. The fourth-order valence-corrected chi connectivity index (χ4v) is 1.70. The Morgan fingerprint density at radius 3 is 3.11 bits per heavy atom. The van der Waals surface area contributed by atoms with Crippen LogP contribution in [0.5, 0.6) is 0 Å². The SMILES string of the molecule is CCOC(=O)C=Cc1c[nH]c2ccc(C#N)cc12. The van der Waals surface area contributed by atoms with E-state index in [1.807, 2.05) is 6.07 Å². The van der Waals surface area contributed by atoms with Crippen LogP contribution >= 0.6 is 0 Å². The third-order valence-electron chi connectivity index (χ3n) is 2.53. The normalized spacial score (nSPS) is 10.7.